The summed E-state index contributed by atoms with van der Waals surface area (Å²) in [4.78, 5) is 0. The molecule has 0 radical (unpaired) electrons. The first kappa shape index (κ1) is 12.4. The predicted molar refractivity (Wildman–Crippen MR) is 70.6 cm³/mol. The fourth-order valence-electron chi connectivity index (χ4n) is 2.90. The molecule has 1 saturated carbocycles. The third-order valence-corrected chi connectivity index (χ3v) is 3.87. The van der Waals surface area contributed by atoms with Gasteiger partial charge in [0, 0.05) is 11.7 Å². The van der Waals surface area contributed by atoms with E-state index in [9.17, 15) is 4.39 Å². The lowest BCUT2D eigenvalue weighted by Crippen LogP contribution is -2.35. The average molecular weight is 235 g/mol. The van der Waals surface area contributed by atoms with Crippen molar-refractivity contribution in [3.63, 3.8) is 0 Å². The molecule has 0 saturated heterocycles. The van der Waals surface area contributed by atoms with Gasteiger partial charge in [-0.25, -0.2) is 4.39 Å². The number of benzene rings is 1. The van der Waals surface area contributed by atoms with E-state index in [1.54, 1.807) is 0 Å². The SMILES string of the molecule is CC(C)C1CCCCC1Nc1ccc(F)cc1. The van der Waals surface area contributed by atoms with Gasteiger partial charge in [0.15, 0.2) is 0 Å². The molecule has 0 aromatic heterocycles. The zero-order valence-electron chi connectivity index (χ0n) is 10.7. The van der Waals surface area contributed by atoms with E-state index in [4.69, 9.17) is 0 Å². The summed E-state index contributed by atoms with van der Waals surface area (Å²) in [5.41, 5.74) is 1.05. The number of nitrogens with one attached hydrogen (secondary N) is 1. The lowest BCUT2D eigenvalue weighted by atomic mass is 9.78. The highest BCUT2D eigenvalue weighted by Crippen LogP contribution is 2.32. The minimum Gasteiger partial charge on any atom is -0.382 e. The summed E-state index contributed by atoms with van der Waals surface area (Å²) < 4.78 is 12.8. The van der Waals surface area contributed by atoms with Crippen LogP contribution in [0.3, 0.4) is 0 Å². The van der Waals surface area contributed by atoms with Crippen LogP contribution in [0.15, 0.2) is 24.3 Å². The first-order valence-corrected chi connectivity index (χ1v) is 6.69. The first-order valence-electron chi connectivity index (χ1n) is 6.69. The van der Waals surface area contributed by atoms with E-state index in [1.165, 1.54) is 37.8 Å². The Balaban J connectivity index is 2.02. The van der Waals surface area contributed by atoms with Crippen molar-refractivity contribution in [3.8, 4) is 0 Å². The molecule has 1 fully saturated rings. The number of anilines is 1. The van der Waals surface area contributed by atoms with Crippen molar-refractivity contribution in [2.75, 3.05) is 5.32 Å². The van der Waals surface area contributed by atoms with Gasteiger partial charge in [0.1, 0.15) is 5.82 Å². The van der Waals surface area contributed by atoms with Crippen molar-refractivity contribution < 1.29 is 4.39 Å². The molecule has 2 rings (SSSR count). The van der Waals surface area contributed by atoms with Gasteiger partial charge in [-0.15, -0.1) is 0 Å². The second-order valence-corrected chi connectivity index (χ2v) is 5.45. The van der Waals surface area contributed by atoms with E-state index < -0.39 is 0 Å². The van der Waals surface area contributed by atoms with Crippen LogP contribution < -0.4 is 5.32 Å². The second kappa shape index (κ2) is 5.52. The number of hydrogen-bond donors (Lipinski definition) is 1. The fraction of sp³-hybridized carbons (Fsp3) is 0.600. The smallest absolute Gasteiger partial charge is 0.123 e. The third-order valence-electron chi connectivity index (χ3n) is 3.87. The van der Waals surface area contributed by atoms with Crippen LogP contribution in [0.25, 0.3) is 0 Å². The summed E-state index contributed by atoms with van der Waals surface area (Å²) in [7, 11) is 0. The Hall–Kier alpha value is -1.05. The molecule has 1 aromatic carbocycles. The molecular weight excluding hydrogens is 213 g/mol. The molecule has 1 nitrogen and oxygen atoms in total. The maximum Gasteiger partial charge on any atom is 0.123 e. The van der Waals surface area contributed by atoms with Crippen molar-refractivity contribution in [1.29, 1.82) is 0 Å². The molecule has 1 N–H and O–H groups in total. The topological polar surface area (TPSA) is 12.0 Å². The van der Waals surface area contributed by atoms with Gasteiger partial charge in [0.25, 0.3) is 0 Å². The lowest BCUT2D eigenvalue weighted by molar-refractivity contribution is 0.254. The van der Waals surface area contributed by atoms with Crippen molar-refractivity contribution in [2.45, 2.75) is 45.6 Å². The fourth-order valence-corrected chi connectivity index (χ4v) is 2.90. The third kappa shape index (κ3) is 3.21. The van der Waals surface area contributed by atoms with Crippen LogP contribution in [0.5, 0.6) is 0 Å². The summed E-state index contributed by atoms with van der Waals surface area (Å²) in [6, 6.07) is 7.27. The minimum atomic E-state index is -0.167. The van der Waals surface area contributed by atoms with Gasteiger partial charge in [-0.05, 0) is 48.9 Å². The Morgan fingerprint density at radius 2 is 1.76 bits per heavy atom. The van der Waals surface area contributed by atoms with Gasteiger partial charge in [-0.2, -0.15) is 0 Å². The maximum absolute atomic E-state index is 12.8. The van der Waals surface area contributed by atoms with Crippen LogP contribution in [-0.2, 0) is 0 Å². The van der Waals surface area contributed by atoms with E-state index >= 15 is 0 Å². The number of hydrogen-bond acceptors (Lipinski definition) is 1. The Labute approximate surface area is 103 Å². The molecule has 0 amide bonds. The highest BCUT2D eigenvalue weighted by molar-refractivity contribution is 5.44. The molecule has 1 aromatic rings. The average Bonchev–Trinajstić information content (AvgIpc) is 2.32. The number of halogens is 1. The van der Waals surface area contributed by atoms with E-state index in [1.807, 2.05) is 12.1 Å². The van der Waals surface area contributed by atoms with Crippen LogP contribution in [0.1, 0.15) is 39.5 Å². The van der Waals surface area contributed by atoms with Crippen LogP contribution >= 0.6 is 0 Å². The monoisotopic (exact) mass is 235 g/mol. The Bertz CT molecular complexity index is 344. The van der Waals surface area contributed by atoms with Crippen molar-refractivity contribution in [3.05, 3.63) is 30.1 Å². The number of rotatable bonds is 3. The summed E-state index contributed by atoms with van der Waals surface area (Å²) in [6.07, 6.45) is 5.21. The van der Waals surface area contributed by atoms with Crippen molar-refractivity contribution >= 4 is 5.69 Å². The van der Waals surface area contributed by atoms with Gasteiger partial charge in [-0.1, -0.05) is 26.7 Å². The van der Waals surface area contributed by atoms with Crippen molar-refractivity contribution in [1.82, 2.24) is 0 Å². The standard InChI is InChI=1S/C15H22FN/c1-11(2)14-5-3-4-6-15(14)17-13-9-7-12(16)8-10-13/h7-11,14-15,17H,3-6H2,1-2H3. The molecule has 94 valence electrons. The molecule has 0 aliphatic heterocycles. The highest BCUT2D eigenvalue weighted by atomic mass is 19.1. The van der Waals surface area contributed by atoms with E-state index in [0.717, 1.165) is 11.6 Å². The van der Waals surface area contributed by atoms with E-state index in [0.29, 0.717) is 12.0 Å². The van der Waals surface area contributed by atoms with E-state index in [2.05, 4.69) is 19.2 Å². The first-order chi connectivity index (χ1) is 8.16. The molecule has 0 spiro atoms. The van der Waals surface area contributed by atoms with Gasteiger partial charge in [0.2, 0.25) is 0 Å². The van der Waals surface area contributed by atoms with Crippen LogP contribution in [0.4, 0.5) is 10.1 Å². The lowest BCUT2D eigenvalue weighted by Gasteiger charge is -2.35. The highest BCUT2D eigenvalue weighted by Gasteiger charge is 2.27. The van der Waals surface area contributed by atoms with Gasteiger partial charge < -0.3 is 5.32 Å². The molecule has 2 heteroatoms. The second-order valence-electron chi connectivity index (χ2n) is 5.45. The minimum absolute atomic E-state index is 0.167. The van der Waals surface area contributed by atoms with Gasteiger partial charge >= 0.3 is 0 Å². The normalized spacial score (nSPS) is 24.9. The molecular formula is C15H22FN. The van der Waals surface area contributed by atoms with Crippen LogP contribution in [0.2, 0.25) is 0 Å². The summed E-state index contributed by atoms with van der Waals surface area (Å²) in [5.74, 6) is 1.29. The maximum atomic E-state index is 12.8. The Morgan fingerprint density at radius 1 is 1.12 bits per heavy atom. The molecule has 2 atom stereocenters. The van der Waals surface area contributed by atoms with Crippen molar-refractivity contribution in [2.24, 2.45) is 11.8 Å². The Kier molecular flexibility index (Phi) is 4.03. The molecule has 1 aliphatic carbocycles. The summed E-state index contributed by atoms with van der Waals surface area (Å²) in [5, 5.41) is 3.57. The zero-order chi connectivity index (χ0) is 12.3. The predicted octanol–water partition coefficient (Wildman–Crippen LogP) is 4.45. The molecule has 2 unspecified atom stereocenters. The van der Waals surface area contributed by atoms with Crippen LogP contribution in [-0.4, -0.2) is 6.04 Å². The quantitative estimate of drug-likeness (QED) is 0.816. The van der Waals surface area contributed by atoms with Gasteiger partial charge in [-0.3, -0.25) is 0 Å². The van der Waals surface area contributed by atoms with Crippen LogP contribution in [0, 0.1) is 17.7 Å². The largest absolute Gasteiger partial charge is 0.382 e. The van der Waals surface area contributed by atoms with Gasteiger partial charge in [0.05, 0.1) is 0 Å². The molecule has 1 aliphatic rings. The molecule has 0 bridgehead atoms. The summed E-state index contributed by atoms with van der Waals surface area (Å²) in [6.45, 7) is 4.60. The van der Waals surface area contributed by atoms with E-state index in [-0.39, 0.29) is 5.82 Å². The summed E-state index contributed by atoms with van der Waals surface area (Å²) >= 11 is 0. The zero-order valence-corrected chi connectivity index (χ0v) is 10.7. The molecule has 17 heavy (non-hydrogen) atoms. The molecule has 0 heterocycles. The Morgan fingerprint density at radius 3 is 2.41 bits per heavy atom.